The molecule has 0 saturated carbocycles. The van der Waals surface area contributed by atoms with Gasteiger partial charge in [-0.25, -0.2) is 0 Å². The van der Waals surface area contributed by atoms with E-state index in [9.17, 15) is 4.79 Å². The van der Waals surface area contributed by atoms with E-state index in [1.54, 1.807) is 11.8 Å². The largest absolute Gasteiger partial charge is 0.402 e. The molecule has 1 aromatic carbocycles. The highest BCUT2D eigenvalue weighted by Gasteiger charge is 2.28. The van der Waals surface area contributed by atoms with E-state index >= 15 is 0 Å². The van der Waals surface area contributed by atoms with Gasteiger partial charge in [0.15, 0.2) is 0 Å². The smallest absolute Gasteiger partial charge is 0.219 e. The molecule has 3 heterocycles. The minimum atomic E-state index is 0.0321. The van der Waals surface area contributed by atoms with Gasteiger partial charge in [-0.1, -0.05) is 12.1 Å². The fourth-order valence-corrected chi connectivity index (χ4v) is 4.28. The highest BCUT2D eigenvalue weighted by molar-refractivity contribution is 6.09. The number of hydrogen-bond acceptors (Lipinski definition) is 5. The molecule has 0 bridgehead atoms. The number of hydrogen-bond donors (Lipinski definition) is 2. The highest BCUT2D eigenvalue weighted by Crippen LogP contribution is 2.32. The molecule has 7 heteroatoms. The maximum atomic E-state index is 11.8. The minimum Gasteiger partial charge on any atom is -0.402 e. The Hall–Kier alpha value is -2.83. The third-order valence-electron chi connectivity index (χ3n) is 5.94. The molecule has 0 aliphatic carbocycles. The van der Waals surface area contributed by atoms with Gasteiger partial charge in [-0.15, -0.1) is 0 Å². The van der Waals surface area contributed by atoms with Crippen molar-refractivity contribution < 1.29 is 4.79 Å². The van der Waals surface area contributed by atoms with Crippen LogP contribution in [-0.4, -0.2) is 61.1 Å². The minimum absolute atomic E-state index is 0.0321. The summed E-state index contributed by atoms with van der Waals surface area (Å²) in [6, 6.07) is 6.55. The summed E-state index contributed by atoms with van der Waals surface area (Å²) < 4.78 is 0. The lowest BCUT2D eigenvalue weighted by molar-refractivity contribution is -0.128. The van der Waals surface area contributed by atoms with E-state index in [0.717, 1.165) is 42.9 Å². The molecule has 4 rings (SSSR count). The van der Waals surface area contributed by atoms with E-state index in [2.05, 4.69) is 28.2 Å². The SMILES string of the molecule is CC(=O)N1CCC(N)=C(C(=N)N2CCCc3cc(C4C=NN(C)C4)ccc32)C1. The molecule has 0 radical (unpaired) electrons. The number of benzene rings is 1. The van der Waals surface area contributed by atoms with Gasteiger partial charge in [0.1, 0.15) is 5.84 Å². The summed E-state index contributed by atoms with van der Waals surface area (Å²) in [7, 11) is 1.99. The Bertz CT molecular complexity index is 874. The second-order valence-corrected chi connectivity index (χ2v) is 7.90. The number of hydrazone groups is 1. The molecule has 148 valence electrons. The topological polar surface area (TPSA) is 89.0 Å². The summed E-state index contributed by atoms with van der Waals surface area (Å²) in [4.78, 5) is 15.6. The first-order valence-electron chi connectivity index (χ1n) is 9.91. The van der Waals surface area contributed by atoms with Crippen LogP contribution in [-0.2, 0) is 11.2 Å². The van der Waals surface area contributed by atoms with Crippen LogP contribution in [0.3, 0.4) is 0 Å². The van der Waals surface area contributed by atoms with Crippen molar-refractivity contribution in [2.24, 2.45) is 10.8 Å². The lowest BCUT2D eigenvalue weighted by atomic mass is 9.93. The number of carbonyl (C=O) groups excluding carboxylic acids is 1. The number of amides is 1. The molecule has 3 N–H and O–H groups in total. The number of likely N-dealkylation sites (N-methyl/N-ethyl adjacent to an activating group) is 1. The van der Waals surface area contributed by atoms with Gasteiger partial charge in [-0.2, -0.15) is 5.10 Å². The monoisotopic (exact) mass is 380 g/mol. The molecule has 1 unspecified atom stereocenters. The normalized spacial score (nSPS) is 21.9. The van der Waals surface area contributed by atoms with Gasteiger partial charge in [0, 0.05) is 69.1 Å². The molecule has 7 nitrogen and oxygen atoms in total. The number of nitrogens with zero attached hydrogens (tertiary/aromatic N) is 4. The molecule has 0 spiro atoms. The molecule has 28 heavy (non-hydrogen) atoms. The first-order chi connectivity index (χ1) is 13.4. The summed E-state index contributed by atoms with van der Waals surface area (Å²) in [5.74, 6) is 0.787. The first-order valence-corrected chi connectivity index (χ1v) is 9.91. The van der Waals surface area contributed by atoms with E-state index < -0.39 is 0 Å². The fourth-order valence-electron chi connectivity index (χ4n) is 4.28. The van der Waals surface area contributed by atoms with Crippen LogP contribution in [0.25, 0.3) is 0 Å². The average molecular weight is 380 g/mol. The predicted octanol–water partition coefficient (Wildman–Crippen LogP) is 1.90. The molecule has 0 aromatic heterocycles. The third kappa shape index (κ3) is 3.37. The first kappa shape index (κ1) is 18.5. The maximum Gasteiger partial charge on any atom is 0.219 e. The lowest BCUT2D eigenvalue weighted by Crippen LogP contribution is -2.44. The van der Waals surface area contributed by atoms with Crippen molar-refractivity contribution >= 4 is 23.6 Å². The van der Waals surface area contributed by atoms with Crippen molar-refractivity contribution in [2.75, 3.05) is 38.1 Å². The number of amidine groups is 1. The molecule has 0 saturated heterocycles. The van der Waals surface area contributed by atoms with Crippen LogP contribution < -0.4 is 10.6 Å². The Labute approximate surface area is 166 Å². The Morgan fingerprint density at radius 2 is 2.11 bits per heavy atom. The van der Waals surface area contributed by atoms with Gasteiger partial charge in [0.2, 0.25) is 5.91 Å². The van der Waals surface area contributed by atoms with Gasteiger partial charge in [-0.3, -0.25) is 15.2 Å². The fraction of sp³-hybridized carbons (Fsp3) is 0.476. The van der Waals surface area contributed by atoms with Crippen LogP contribution >= 0.6 is 0 Å². The molecule has 1 atom stereocenters. The molecular weight excluding hydrogens is 352 g/mol. The van der Waals surface area contributed by atoms with Crippen LogP contribution in [0.1, 0.15) is 36.8 Å². The van der Waals surface area contributed by atoms with Crippen LogP contribution in [0.2, 0.25) is 0 Å². The average Bonchev–Trinajstić information content (AvgIpc) is 3.13. The van der Waals surface area contributed by atoms with Crippen LogP contribution in [0.4, 0.5) is 5.69 Å². The van der Waals surface area contributed by atoms with E-state index in [1.165, 1.54) is 11.1 Å². The van der Waals surface area contributed by atoms with Crippen molar-refractivity contribution in [3.8, 4) is 0 Å². The standard InChI is InChI=1S/C21H28N6O/c1-14(28)26-9-7-19(22)18(13-26)21(23)27-8-3-4-16-10-15(5-6-20(16)27)17-11-24-25(2)12-17/h5-6,10-11,17,23H,3-4,7-9,12-13,22H2,1-2H3. The zero-order valence-corrected chi connectivity index (χ0v) is 16.6. The summed E-state index contributed by atoms with van der Waals surface area (Å²) in [5.41, 5.74) is 11.4. The van der Waals surface area contributed by atoms with Crippen molar-refractivity contribution in [1.29, 1.82) is 5.41 Å². The second kappa shape index (κ2) is 7.30. The predicted molar refractivity (Wildman–Crippen MR) is 112 cm³/mol. The summed E-state index contributed by atoms with van der Waals surface area (Å²) >= 11 is 0. The number of anilines is 1. The van der Waals surface area contributed by atoms with Gasteiger partial charge < -0.3 is 15.5 Å². The molecule has 0 fully saturated rings. The molecule has 3 aliphatic rings. The molecule has 3 aliphatic heterocycles. The second-order valence-electron chi connectivity index (χ2n) is 7.90. The zero-order chi connectivity index (χ0) is 19.8. The Balaban J connectivity index is 1.60. The number of nitrogens with one attached hydrogen (secondary N) is 1. The summed E-state index contributed by atoms with van der Waals surface area (Å²) in [5, 5.41) is 15.2. The number of nitrogens with two attached hydrogens (primary N) is 1. The molecule has 1 amide bonds. The Kier molecular flexibility index (Phi) is 4.83. The number of rotatable bonds is 2. The van der Waals surface area contributed by atoms with Gasteiger partial charge in [-0.05, 0) is 30.0 Å². The summed E-state index contributed by atoms with van der Waals surface area (Å²) in [6.07, 6.45) is 4.65. The molecule has 1 aromatic rings. The van der Waals surface area contributed by atoms with Gasteiger partial charge >= 0.3 is 0 Å². The van der Waals surface area contributed by atoms with Gasteiger partial charge in [0.25, 0.3) is 0 Å². The van der Waals surface area contributed by atoms with E-state index in [-0.39, 0.29) is 5.91 Å². The zero-order valence-electron chi connectivity index (χ0n) is 16.6. The van der Waals surface area contributed by atoms with Crippen molar-refractivity contribution in [2.45, 2.75) is 32.1 Å². The Morgan fingerprint density at radius 3 is 2.82 bits per heavy atom. The highest BCUT2D eigenvalue weighted by atomic mass is 16.2. The quantitative estimate of drug-likeness (QED) is 0.606. The van der Waals surface area contributed by atoms with Crippen LogP contribution in [0.5, 0.6) is 0 Å². The van der Waals surface area contributed by atoms with E-state index in [0.29, 0.717) is 31.3 Å². The van der Waals surface area contributed by atoms with Crippen molar-refractivity contribution in [3.05, 3.63) is 40.6 Å². The number of carbonyl (C=O) groups is 1. The van der Waals surface area contributed by atoms with Gasteiger partial charge in [0.05, 0.1) is 6.54 Å². The third-order valence-corrected chi connectivity index (χ3v) is 5.94. The summed E-state index contributed by atoms with van der Waals surface area (Å²) in [6.45, 7) is 4.34. The maximum absolute atomic E-state index is 11.8. The lowest BCUT2D eigenvalue weighted by Gasteiger charge is -2.36. The van der Waals surface area contributed by atoms with Crippen LogP contribution in [0.15, 0.2) is 34.6 Å². The number of fused-ring (bicyclic) bond motifs is 1. The van der Waals surface area contributed by atoms with Crippen molar-refractivity contribution in [1.82, 2.24) is 9.91 Å². The number of aryl methyl sites for hydroxylation is 1. The van der Waals surface area contributed by atoms with E-state index in [4.69, 9.17) is 11.1 Å². The van der Waals surface area contributed by atoms with Crippen molar-refractivity contribution in [3.63, 3.8) is 0 Å². The molecular formula is C21H28N6O. The van der Waals surface area contributed by atoms with Crippen LogP contribution in [0, 0.1) is 5.41 Å². The van der Waals surface area contributed by atoms with E-state index in [1.807, 2.05) is 18.3 Å². The Morgan fingerprint density at radius 1 is 1.29 bits per heavy atom.